The number of nitrogens with zero attached hydrogens (tertiary/aromatic N) is 5. The third kappa shape index (κ3) is 2.69. The number of imidazole rings is 1. The maximum absolute atomic E-state index is 13.5. The van der Waals surface area contributed by atoms with Gasteiger partial charge in [-0.3, -0.25) is 9.55 Å². The van der Waals surface area contributed by atoms with Crippen molar-refractivity contribution in [3.8, 4) is 17.1 Å². The molecule has 1 aromatic carbocycles. The molecule has 0 amide bonds. The average Bonchev–Trinajstić information content (AvgIpc) is 3.48. The second-order valence-corrected chi connectivity index (χ2v) is 7.64. The van der Waals surface area contributed by atoms with Crippen LogP contribution in [-0.2, 0) is 0 Å². The Morgan fingerprint density at radius 2 is 1.79 bits per heavy atom. The minimum atomic E-state index is -0.265. The van der Waals surface area contributed by atoms with Gasteiger partial charge in [-0.15, -0.1) is 0 Å². The van der Waals surface area contributed by atoms with E-state index < -0.39 is 0 Å². The van der Waals surface area contributed by atoms with Gasteiger partial charge in [-0.25, -0.2) is 14.4 Å². The lowest BCUT2D eigenvalue weighted by Crippen LogP contribution is -2.44. The standard InChI is InChI=1S/C22H19FN6/c23-15-3-1-14(2-4-15)21-26-19-5-6-20(28-13-16-11-18(28)12-25-16)27-22(19)29(21)17-7-9-24-10-8-17/h1-10,16,18,25H,11-13H2. The number of anilines is 1. The largest absolute Gasteiger partial charge is 0.351 e. The predicted octanol–water partition coefficient (Wildman–Crippen LogP) is 3.17. The van der Waals surface area contributed by atoms with Crippen molar-refractivity contribution in [3.05, 3.63) is 66.7 Å². The monoisotopic (exact) mass is 386 g/mol. The first-order valence-electron chi connectivity index (χ1n) is 9.82. The number of piperazine rings is 1. The van der Waals surface area contributed by atoms with Crippen LogP contribution in [0.3, 0.4) is 0 Å². The molecule has 2 bridgehead atoms. The number of nitrogens with one attached hydrogen (secondary N) is 1. The number of hydrogen-bond acceptors (Lipinski definition) is 5. The predicted molar refractivity (Wildman–Crippen MR) is 110 cm³/mol. The zero-order chi connectivity index (χ0) is 19.4. The molecule has 5 heterocycles. The summed E-state index contributed by atoms with van der Waals surface area (Å²) in [7, 11) is 0. The smallest absolute Gasteiger partial charge is 0.167 e. The lowest BCUT2D eigenvalue weighted by atomic mass is 10.2. The molecule has 1 N–H and O–H groups in total. The van der Waals surface area contributed by atoms with E-state index in [9.17, 15) is 4.39 Å². The molecule has 0 spiro atoms. The molecule has 2 unspecified atom stereocenters. The second kappa shape index (κ2) is 6.35. The molecular weight excluding hydrogens is 367 g/mol. The molecule has 0 aliphatic carbocycles. The van der Waals surface area contributed by atoms with Crippen molar-refractivity contribution in [2.45, 2.75) is 18.5 Å². The number of halogens is 1. The van der Waals surface area contributed by atoms with E-state index in [1.54, 1.807) is 24.5 Å². The Balaban J connectivity index is 1.55. The third-order valence-corrected chi connectivity index (χ3v) is 5.86. The van der Waals surface area contributed by atoms with Gasteiger partial charge < -0.3 is 10.2 Å². The molecule has 6 rings (SSSR count). The molecule has 7 heteroatoms. The Morgan fingerprint density at radius 3 is 2.52 bits per heavy atom. The van der Waals surface area contributed by atoms with E-state index in [1.165, 1.54) is 18.6 Å². The van der Waals surface area contributed by atoms with Gasteiger partial charge in [0, 0.05) is 43.1 Å². The van der Waals surface area contributed by atoms with Crippen LogP contribution >= 0.6 is 0 Å². The Morgan fingerprint density at radius 1 is 0.966 bits per heavy atom. The Bertz CT molecular complexity index is 1190. The SMILES string of the molecule is Fc1ccc(-c2nc3ccc(N4CC5CC4CN5)nc3n2-c2ccncc2)cc1. The Kier molecular flexibility index (Phi) is 3.64. The molecule has 29 heavy (non-hydrogen) atoms. The highest BCUT2D eigenvalue weighted by molar-refractivity contribution is 5.81. The number of benzene rings is 1. The topological polar surface area (TPSA) is 58.9 Å². The fourth-order valence-electron chi connectivity index (χ4n) is 4.48. The number of hydrogen-bond donors (Lipinski definition) is 1. The zero-order valence-electron chi connectivity index (χ0n) is 15.7. The molecule has 2 aliphatic rings. The number of fused-ring (bicyclic) bond motifs is 3. The van der Waals surface area contributed by atoms with Gasteiger partial charge in [0.25, 0.3) is 0 Å². The lowest BCUT2D eigenvalue weighted by molar-refractivity contribution is 0.577. The number of aromatic nitrogens is 4. The quantitative estimate of drug-likeness (QED) is 0.586. The molecule has 144 valence electrons. The summed E-state index contributed by atoms with van der Waals surface area (Å²) in [5, 5.41) is 3.54. The lowest BCUT2D eigenvalue weighted by Gasteiger charge is -2.28. The minimum Gasteiger partial charge on any atom is -0.351 e. The van der Waals surface area contributed by atoms with E-state index in [0.717, 1.165) is 47.1 Å². The van der Waals surface area contributed by atoms with Gasteiger partial charge in [0.05, 0.1) is 5.69 Å². The summed E-state index contributed by atoms with van der Waals surface area (Å²) in [6, 6.07) is 15.4. The van der Waals surface area contributed by atoms with E-state index in [-0.39, 0.29) is 5.82 Å². The molecular formula is C22H19FN6. The number of rotatable bonds is 3. The summed E-state index contributed by atoms with van der Waals surface area (Å²) >= 11 is 0. The van der Waals surface area contributed by atoms with Crippen LogP contribution in [0.4, 0.5) is 10.2 Å². The van der Waals surface area contributed by atoms with E-state index in [2.05, 4.69) is 21.3 Å². The van der Waals surface area contributed by atoms with Crippen LogP contribution in [0.5, 0.6) is 0 Å². The first-order chi connectivity index (χ1) is 14.3. The van der Waals surface area contributed by atoms with Crippen molar-refractivity contribution in [2.75, 3.05) is 18.0 Å². The van der Waals surface area contributed by atoms with E-state index in [4.69, 9.17) is 9.97 Å². The third-order valence-electron chi connectivity index (χ3n) is 5.86. The van der Waals surface area contributed by atoms with Gasteiger partial charge in [-0.05, 0) is 55.0 Å². The Labute approximate surface area is 167 Å². The molecule has 0 saturated carbocycles. The molecule has 2 aliphatic heterocycles. The van der Waals surface area contributed by atoms with Crippen LogP contribution in [-0.4, -0.2) is 44.7 Å². The fraction of sp³-hybridized carbons (Fsp3) is 0.227. The van der Waals surface area contributed by atoms with Crippen LogP contribution in [0, 0.1) is 5.82 Å². The van der Waals surface area contributed by atoms with Gasteiger partial charge >= 0.3 is 0 Å². The minimum absolute atomic E-state index is 0.265. The Hall–Kier alpha value is -3.32. The van der Waals surface area contributed by atoms with Crippen LogP contribution in [0.1, 0.15) is 6.42 Å². The fourth-order valence-corrected chi connectivity index (χ4v) is 4.48. The highest BCUT2D eigenvalue weighted by Gasteiger charge is 2.38. The van der Waals surface area contributed by atoms with Crippen molar-refractivity contribution in [3.63, 3.8) is 0 Å². The average molecular weight is 386 g/mol. The normalized spacial score (nSPS) is 20.7. The van der Waals surface area contributed by atoms with Gasteiger partial charge in [0.15, 0.2) is 5.65 Å². The maximum Gasteiger partial charge on any atom is 0.167 e. The summed E-state index contributed by atoms with van der Waals surface area (Å²) in [6.45, 7) is 1.99. The molecule has 0 radical (unpaired) electrons. The summed E-state index contributed by atoms with van der Waals surface area (Å²) in [4.78, 5) is 16.4. The first-order valence-corrected chi connectivity index (χ1v) is 9.82. The number of pyridine rings is 2. The molecule has 3 aromatic heterocycles. The van der Waals surface area contributed by atoms with E-state index in [0.29, 0.717) is 12.1 Å². The van der Waals surface area contributed by atoms with Crippen molar-refractivity contribution in [1.29, 1.82) is 0 Å². The van der Waals surface area contributed by atoms with Gasteiger partial charge in [0.1, 0.15) is 23.0 Å². The molecule has 2 atom stereocenters. The molecule has 6 nitrogen and oxygen atoms in total. The summed E-state index contributed by atoms with van der Waals surface area (Å²) in [5.74, 6) is 1.45. The summed E-state index contributed by atoms with van der Waals surface area (Å²) in [5.41, 5.74) is 3.37. The van der Waals surface area contributed by atoms with Crippen molar-refractivity contribution in [1.82, 2.24) is 24.8 Å². The van der Waals surface area contributed by atoms with Crippen molar-refractivity contribution >= 4 is 17.0 Å². The zero-order valence-corrected chi connectivity index (χ0v) is 15.7. The molecule has 4 aromatic rings. The van der Waals surface area contributed by atoms with Crippen LogP contribution in [0.2, 0.25) is 0 Å². The van der Waals surface area contributed by atoms with Crippen LogP contribution < -0.4 is 10.2 Å². The van der Waals surface area contributed by atoms with E-state index >= 15 is 0 Å². The maximum atomic E-state index is 13.5. The van der Waals surface area contributed by atoms with Gasteiger partial charge in [0.2, 0.25) is 0 Å². The highest BCUT2D eigenvalue weighted by atomic mass is 19.1. The summed E-state index contributed by atoms with van der Waals surface area (Å²) < 4.78 is 15.5. The molecule has 2 saturated heterocycles. The van der Waals surface area contributed by atoms with E-state index in [1.807, 2.05) is 22.8 Å². The van der Waals surface area contributed by atoms with Crippen molar-refractivity contribution < 1.29 is 4.39 Å². The first kappa shape index (κ1) is 16.6. The summed E-state index contributed by atoms with van der Waals surface area (Å²) in [6.07, 6.45) is 4.68. The van der Waals surface area contributed by atoms with Gasteiger partial charge in [-0.2, -0.15) is 0 Å². The van der Waals surface area contributed by atoms with Crippen molar-refractivity contribution in [2.24, 2.45) is 0 Å². The second-order valence-electron chi connectivity index (χ2n) is 7.64. The van der Waals surface area contributed by atoms with Crippen LogP contribution in [0.25, 0.3) is 28.2 Å². The molecule has 2 fully saturated rings. The highest BCUT2D eigenvalue weighted by Crippen LogP contribution is 2.32. The van der Waals surface area contributed by atoms with Crippen LogP contribution in [0.15, 0.2) is 60.9 Å². The van der Waals surface area contributed by atoms with Gasteiger partial charge in [-0.1, -0.05) is 0 Å².